The predicted molar refractivity (Wildman–Crippen MR) is 80.6 cm³/mol. The number of thiophene rings is 3. The van der Waals surface area contributed by atoms with Gasteiger partial charge in [-0.1, -0.05) is 12.1 Å². The Hall–Kier alpha value is -0.940. The molecule has 3 rings (SSSR count). The van der Waals surface area contributed by atoms with Crippen molar-refractivity contribution < 1.29 is 5.11 Å². The molecule has 3 heterocycles. The molecule has 0 radical (unpaired) electrons. The quantitative estimate of drug-likeness (QED) is 0.735. The highest BCUT2D eigenvalue weighted by atomic mass is 32.1. The summed E-state index contributed by atoms with van der Waals surface area (Å²) in [6.45, 7) is 1.87. The molecular formula is C14H12OS3. The van der Waals surface area contributed by atoms with Crippen LogP contribution in [0.25, 0.3) is 9.75 Å². The third kappa shape index (κ3) is 1.95. The van der Waals surface area contributed by atoms with Gasteiger partial charge in [0.25, 0.3) is 0 Å². The molecule has 1 unspecified atom stereocenters. The highest BCUT2D eigenvalue weighted by Gasteiger charge is 2.30. The van der Waals surface area contributed by atoms with Crippen LogP contribution in [0.3, 0.4) is 0 Å². The smallest absolute Gasteiger partial charge is 0.122 e. The van der Waals surface area contributed by atoms with Crippen molar-refractivity contribution in [2.75, 3.05) is 0 Å². The summed E-state index contributed by atoms with van der Waals surface area (Å²) in [7, 11) is 0. The van der Waals surface area contributed by atoms with Crippen molar-refractivity contribution in [1.82, 2.24) is 0 Å². The molecule has 0 aromatic carbocycles. The topological polar surface area (TPSA) is 20.2 Å². The molecule has 0 saturated heterocycles. The number of aliphatic hydroxyl groups is 1. The second-order valence-corrected chi connectivity index (χ2v) is 7.00. The SMILES string of the molecule is CC(O)(c1cccs1)c1ccsc1-c1cccs1. The Kier molecular flexibility index (Phi) is 3.11. The molecule has 3 aromatic rings. The van der Waals surface area contributed by atoms with E-state index in [4.69, 9.17) is 0 Å². The van der Waals surface area contributed by atoms with Crippen LogP contribution in [0.4, 0.5) is 0 Å². The lowest BCUT2D eigenvalue weighted by atomic mass is 9.94. The summed E-state index contributed by atoms with van der Waals surface area (Å²) in [5, 5.41) is 17.0. The van der Waals surface area contributed by atoms with Crippen molar-refractivity contribution in [1.29, 1.82) is 0 Å². The molecule has 0 aliphatic rings. The van der Waals surface area contributed by atoms with Gasteiger partial charge in [0.15, 0.2) is 0 Å². The largest absolute Gasteiger partial charge is 0.380 e. The van der Waals surface area contributed by atoms with E-state index in [1.165, 1.54) is 9.75 Å². The second kappa shape index (κ2) is 4.63. The normalized spacial score (nSPS) is 14.6. The average molecular weight is 292 g/mol. The molecule has 92 valence electrons. The van der Waals surface area contributed by atoms with E-state index in [-0.39, 0.29) is 0 Å². The van der Waals surface area contributed by atoms with Gasteiger partial charge in [-0.05, 0) is 41.3 Å². The molecule has 3 aromatic heterocycles. The van der Waals surface area contributed by atoms with Gasteiger partial charge in [0.05, 0.1) is 4.88 Å². The van der Waals surface area contributed by atoms with E-state index in [1.54, 1.807) is 34.0 Å². The van der Waals surface area contributed by atoms with E-state index < -0.39 is 5.60 Å². The van der Waals surface area contributed by atoms with Crippen LogP contribution >= 0.6 is 34.0 Å². The fourth-order valence-electron chi connectivity index (χ4n) is 1.98. The fourth-order valence-corrected chi connectivity index (χ4v) is 4.66. The monoisotopic (exact) mass is 292 g/mol. The maximum Gasteiger partial charge on any atom is 0.122 e. The molecule has 0 spiro atoms. The minimum Gasteiger partial charge on any atom is -0.380 e. The first-order valence-corrected chi connectivity index (χ1v) is 8.21. The molecule has 4 heteroatoms. The third-order valence-corrected chi connectivity index (χ3v) is 5.98. The van der Waals surface area contributed by atoms with Crippen LogP contribution in [0.1, 0.15) is 17.4 Å². The Balaban J connectivity index is 2.11. The van der Waals surface area contributed by atoms with Gasteiger partial charge >= 0.3 is 0 Å². The fraction of sp³-hybridized carbons (Fsp3) is 0.143. The van der Waals surface area contributed by atoms with Crippen LogP contribution in [0, 0.1) is 0 Å². The van der Waals surface area contributed by atoms with E-state index in [2.05, 4.69) is 11.4 Å². The van der Waals surface area contributed by atoms with E-state index in [0.29, 0.717) is 0 Å². The first-order valence-electron chi connectivity index (χ1n) is 5.58. The lowest BCUT2D eigenvalue weighted by Crippen LogP contribution is -2.21. The Morgan fingerprint density at radius 1 is 0.944 bits per heavy atom. The van der Waals surface area contributed by atoms with Crippen molar-refractivity contribution in [2.45, 2.75) is 12.5 Å². The van der Waals surface area contributed by atoms with Gasteiger partial charge in [-0.25, -0.2) is 0 Å². The molecular weight excluding hydrogens is 280 g/mol. The lowest BCUT2D eigenvalue weighted by Gasteiger charge is -2.22. The summed E-state index contributed by atoms with van der Waals surface area (Å²) in [5.41, 5.74) is 0.0884. The van der Waals surface area contributed by atoms with Crippen LogP contribution in [0.5, 0.6) is 0 Å². The standard InChI is InChI=1S/C14H12OS3/c1-14(15,12-5-3-8-17-12)10-6-9-18-13(10)11-4-2-7-16-11/h2-9,15H,1H3. The van der Waals surface area contributed by atoms with E-state index in [9.17, 15) is 5.11 Å². The van der Waals surface area contributed by atoms with Crippen molar-refractivity contribution >= 4 is 34.0 Å². The predicted octanol–water partition coefficient (Wildman–Crippen LogP) is 4.79. The Morgan fingerprint density at radius 2 is 1.72 bits per heavy atom. The third-order valence-electron chi connectivity index (χ3n) is 2.94. The second-order valence-electron chi connectivity index (χ2n) is 4.19. The lowest BCUT2D eigenvalue weighted by molar-refractivity contribution is 0.107. The molecule has 0 bridgehead atoms. The molecule has 18 heavy (non-hydrogen) atoms. The molecule has 0 saturated carbocycles. The van der Waals surface area contributed by atoms with E-state index >= 15 is 0 Å². The summed E-state index contributed by atoms with van der Waals surface area (Å²) in [6.07, 6.45) is 0. The molecule has 0 aliphatic carbocycles. The Bertz CT molecular complexity index is 618. The van der Waals surface area contributed by atoms with Gasteiger partial charge < -0.3 is 5.11 Å². The number of hydrogen-bond donors (Lipinski definition) is 1. The highest BCUT2D eigenvalue weighted by molar-refractivity contribution is 7.20. The molecule has 1 nitrogen and oxygen atoms in total. The van der Waals surface area contributed by atoms with E-state index in [1.807, 2.05) is 41.9 Å². The van der Waals surface area contributed by atoms with Gasteiger partial charge in [-0.15, -0.1) is 34.0 Å². The van der Waals surface area contributed by atoms with Crippen molar-refractivity contribution in [3.05, 3.63) is 56.9 Å². The van der Waals surface area contributed by atoms with E-state index in [0.717, 1.165) is 10.4 Å². The van der Waals surface area contributed by atoms with Crippen molar-refractivity contribution in [3.63, 3.8) is 0 Å². The Morgan fingerprint density at radius 3 is 2.39 bits per heavy atom. The van der Waals surface area contributed by atoms with Gasteiger partial charge in [-0.2, -0.15) is 0 Å². The minimum absolute atomic E-state index is 0.909. The van der Waals surface area contributed by atoms with Gasteiger partial charge in [0.1, 0.15) is 5.60 Å². The summed E-state index contributed by atoms with van der Waals surface area (Å²) >= 11 is 4.99. The van der Waals surface area contributed by atoms with Crippen LogP contribution in [0.15, 0.2) is 46.5 Å². The van der Waals surface area contributed by atoms with Gasteiger partial charge in [0.2, 0.25) is 0 Å². The molecule has 0 amide bonds. The molecule has 1 N–H and O–H groups in total. The summed E-state index contributed by atoms with van der Waals surface area (Å²) in [5.74, 6) is 0. The molecule has 0 fully saturated rings. The number of rotatable bonds is 3. The highest BCUT2D eigenvalue weighted by Crippen LogP contribution is 2.42. The summed E-state index contributed by atoms with van der Waals surface area (Å²) < 4.78 is 0. The molecule has 1 atom stereocenters. The summed E-state index contributed by atoms with van der Waals surface area (Å²) in [4.78, 5) is 3.37. The first kappa shape index (κ1) is 12.1. The van der Waals surface area contributed by atoms with Crippen LogP contribution in [0.2, 0.25) is 0 Å². The maximum absolute atomic E-state index is 10.8. The van der Waals surface area contributed by atoms with Gasteiger partial charge in [0, 0.05) is 15.3 Å². The van der Waals surface area contributed by atoms with Crippen LogP contribution in [-0.4, -0.2) is 5.11 Å². The zero-order valence-electron chi connectivity index (χ0n) is 9.79. The van der Waals surface area contributed by atoms with Crippen LogP contribution in [-0.2, 0) is 5.60 Å². The Labute approximate surface area is 118 Å². The zero-order valence-corrected chi connectivity index (χ0v) is 12.2. The number of hydrogen-bond acceptors (Lipinski definition) is 4. The van der Waals surface area contributed by atoms with Crippen LogP contribution < -0.4 is 0 Å². The zero-order chi connectivity index (χ0) is 12.6. The van der Waals surface area contributed by atoms with Gasteiger partial charge in [-0.3, -0.25) is 0 Å². The first-order chi connectivity index (χ1) is 8.69. The maximum atomic E-state index is 10.8. The van der Waals surface area contributed by atoms with Crippen molar-refractivity contribution in [3.8, 4) is 9.75 Å². The summed E-state index contributed by atoms with van der Waals surface area (Å²) in [6, 6.07) is 10.1. The molecule has 0 aliphatic heterocycles. The average Bonchev–Trinajstić information content (AvgIpc) is 3.11. The minimum atomic E-state index is -0.909. The van der Waals surface area contributed by atoms with Crippen molar-refractivity contribution in [2.24, 2.45) is 0 Å².